The van der Waals surface area contributed by atoms with Gasteiger partial charge >= 0.3 is 0 Å². The van der Waals surface area contributed by atoms with Crippen molar-refractivity contribution < 1.29 is 9.53 Å². The minimum Gasteiger partial charge on any atom is -0.494 e. The molecule has 0 bridgehead atoms. The molecule has 5 heteroatoms. The van der Waals surface area contributed by atoms with Crippen molar-refractivity contribution in [2.24, 2.45) is 0 Å². The number of rotatable bonds is 9. The molecular weight excluding hydrogens is 374 g/mol. The number of pyridine rings is 1. The zero-order chi connectivity index (χ0) is 20.6. The van der Waals surface area contributed by atoms with Gasteiger partial charge in [0.1, 0.15) is 5.75 Å². The van der Waals surface area contributed by atoms with Crippen LogP contribution in [0.1, 0.15) is 60.5 Å². The number of benzene rings is 1. The van der Waals surface area contributed by atoms with Crippen LogP contribution in [0.4, 0.5) is 0 Å². The number of Topliss-reactive ketones (excluding diaryl/α,β-unsaturated/α-hetero) is 1. The first kappa shape index (κ1) is 21.0. The Balaban J connectivity index is 1.30. The number of carbonyl (C=O) groups is 1. The van der Waals surface area contributed by atoms with Crippen molar-refractivity contribution in [1.82, 2.24) is 14.8 Å². The third-order valence-corrected chi connectivity index (χ3v) is 6.29. The number of nitrogens with zero attached hydrogens (tertiary/aromatic N) is 3. The maximum Gasteiger partial charge on any atom is 0.176 e. The zero-order valence-corrected chi connectivity index (χ0v) is 17.8. The number of piperidine rings is 1. The van der Waals surface area contributed by atoms with Crippen LogP contribution in [0, 0.1) is 0 Å². The van der Waals surface area contributed by atoms with E-state index >= 15 is 0 Å². The largest absolute Gasteiger partial charge is 0.494 e. The van der Waals surface area contributed by atoms with Gasteiger partial charge in [-0.2, -0.15) is 0 Å². The quantitative estimate of drug-likeness (QED) is 0.457. The summed E-state index contributed by atoms with van der Waals surface area (Å²) in [7, 11) is 0. The van der Waals surface area contributed by atoms with Gasteiger partial charge in [-0.05, 0) is 81.6 Å². The first-order valence-electron chi connectivity index (χ1n) is 11.4. The lowest BCUT2D eigenvalue weighted by molar-refractivity contribution is 0.0921. The molecular formula is C25H33N3O2. The summed E-state index contributed by atoms with van der Waals surface area (Å²) >= 11 is 0. The highest BCUT2D eigenvalue weighted by Crippen LogP contribution is 2.33. The average molecular weight is 408 g/mol. The lowest BCUT2D eigenvalue weighted by atomic mass is 10.0. The van der Waals surface area contributed by atoms with Crippen LogP contribution in [-0.2, 0) is 0 Å². The van der Waals surface area contributed by atoms with Gasteiger partial charge in [0.2, 0.25) is 0 Å². The minimum absolute atomic E-state index is 0.161. The molecule has 1 aromatic heterocycles. The van der Waals surface area contributed by atoms with Crippen LogP contribution >= 0.6 is 0 Å². The molecule has 2 aromatic rings. The minimum atomic E-state index is 0.161. The molecule has 1 aromatic carbocycles. The Morgan fingerprint density at radius 3 is 2.70 bits per heavy atom. The summed E-state index contributed by atoms with van der Waals surface area (Å²) in [6.07, 6.45) is 10.7. The number of ether oxygens (including phenoxy) is 1. The molecule has 2 saturated heterocycles. The molecule has 0 radical (unpaired) electrons. The normalized spacial score (nSPS) is 20.3. The second kappa shape index (κ2) is 10.7. The Kier molecular flexibility index (Phi) is 7.49. The Hall–Kier alpha value is -2.24. The van der Waals surface area contributed by atoms with Crippen molar-refractivity contribution in [3.8, 4) is 5.75 Å². The lowest BCUT2D eigenvalue weighted by Gasteiger charge is -2.26. The average Bonchev–Trinajstić information content (AvgIpc) is 3.26. The monoisotopic (exact) mass is 407 g/mol. The molecule has 2 fully saturated rings. The highest BCUT2D eigenvalue weighted by Gasteiger charge is 2.28. The molecule has 2 aliphatic heterocycles. The van der Waals surface area contributed by atoms with E-state index in [-0.39, 0.29) is 11.8 Å². The Morgan fingerprint density at radius 2 is 1.87 bits per heavy atom. The molecule has 0 N–H and O–H groups in total. The van der Waals surface area contributed by atoms with Crippen molar-refractivity contribution in [3.63, 3.8) is 0 Å². The number of likely N-dealkylation sites (tertiary alicyclic amines) is 2. The van der Waals surface area contributed by atoms with Gasteiger partial charge in [-0.15, -0.1) is 0 Å². The summed E-state index contributed by atoms with van der Waals surface area (Å²) in [5.74, 6) is 1.10. The molecule has 30 heavy (non-hydrogen) atoms. The third-order valence-electron chi connectivity index (χ3n) is 6.29. The van der Waals surface area contributed by atoms with Crippen LogP contribution in [0.15, 0.2) is 48.8 Å². The summed E-state index contributed by atoms with van der Waals surface area (Å²) in [6.45, 7) is 5.79. The standard InChI is InChI=1S/C25H33N3O2/c29-25(21-10-12-26-13-11-21)20-28-17-5-9-24(28)22-7-4-8-23(19-22)30-18-6-16-27-14-2-1-3-15-27/h4,7-8,10-13,19,24H,1-3,5-6,9,14-18,20H2. The highest BCUT2D eigenvalue weighted by atomic mass is 16.5. The number of aromatic nitrogens is 1. The number of carbonyl (C=O) groups excluding carboxylic acids is 1. The van der Waals surface area contributed by atoms with E-state index in [9.17, 15) is 4.79 Å². The maximum absolute atomic E-state index is 12.7. The number of ketones is 1. The van der Waals surface area contributed by atoms with E-state index in [1.165, 1.54) is 37.9 Å². The Labute approximate surface area is 180 Å². The summed E-state index contributed by atoms with van der Waals surface area (Å²) < 4.78 is 6.06. The van der Waals surface area contributed by atoms with Crippen molar-refractivity contribution in [1.29, 1.82) is 0 Å². The van der Waals surface area contributed by atoms with E-state index in [4.69, 9.17) is 4.74 Å². The van der Waals surface area contributed by atoms with Crippen LogP contribution in [0.3, 0.4) is 0 Å². The van der Waals surface area contributed by atoms with E-state index in [2.05, 4.69) is 33.0 Å². The van der Waals surface area contributed by atoms with Crippen LogP contribution < -0.4 is 4.74 Å². The van der Waals surface area contributed by atoms with Crippen molar-refractivity contribution >= 4 is 5.78 Å². The van der Waals surface area contributed by atoms with E-state index in [0.717, 1.165) is 50.3 Å². The molecule has 5 nitrogen and oxygen atoms in total. The van der Waals surface area contributed by atoms with Gasteiger partial charge < -0.3 is 9.64 Å². The molecule has 4 rings (SSSR count). The summed E-state index contributed by atoms with van der Waals surface area (Å²) in [4.78, 5) is 21.5. The van der Waals surface area contributed by atoms with Crippen molar-refractivity contribution in [2.75, 3.05) is 39.3 Å². The summed E-state index contributed by atoms with van der Waals surface area (Å²) in [5, 5.41) is 0. The van der Waals surface area contributed by atoms with Crippen LogP contribution in [0.25, 0.3) is 0 Å². The lowest BCUT2D eigenvalue weighted by Crippen LogP contribution is -2.31. The molecule has 160 valence electrons. The Bertz CT molecular complexity index is 805. The van der Waals surface area contributed by atoms with Gasteiger partial charge in [0, 0.05) is 30.5 Å². The summed E-state index contributed by atoms with van der Waals surface area (Å²) in [5.41, 5.74) is 1.99. The van der Waals surface area contributed by atoms with E-state index < -0.39 is 0 Å². The van der Waals surface area contributed by atoms with E-state index in [1.54, 1.807) is 24.5 Å². The highest BCUT2D eigenvalue weighted by molar-refractivity contribution is 5.97. The van der Waals surface area contributed by atoms with Gasteiger partial charge in [-0.25, -0.2) is 0 Å². The topological polar surface area (TPSA) is 45.7 Å². The fourth-order valence-electron chi connectivity index (χ4n) is 4.68. The van der Waals surface area contributed by atoms with Crippen LogP contribution in [0.5, 0.6) is 5.75 Å². The molecule has 3 heterocycles. The molecule has 0 aliphatic carbocycles. The maximum atomic E-state index is 12.7. The van der Waals surface area contributed by atoms with Gasteiger partial charge in [-0.1, -0.05) is 18.6 Å². The second-order valence-electron chi connectivity index (χ2n) is 8.46. The van der Waals surface area contributed by atoms with E-state index in [1.807, 2.05) is 6.07 Å². The van der Waals surface area contributed by atoms with Crippen LogP contribution in [-0.4, -0.2) is 59.9 Å². The van der Waals surface area contributed by atoms with Gasteiger partial charge in [-0.3, -0.25) is 14.7 Å². The Morgan fingerprint density at radius 1 is 1.03 bits per heavy atom. The summed E-state index contributed by atoms with van der Waals surface area (Å²) in [6, 6.07) is 12.3. The fourth-order valence-corrected chi connectivity index (χ4v) is 4.68. The number of hydrogen-bond donors (Lipinski definition) is 0. The van der Waals surface area contributed by atoms with Gasteiger partial charge in [0.05, 0.1) is 13.2 Å². The fraction of sp³-hybridized carbons (Fsp3) is 0.520. The van der Waals surface area contributed by atoms with Crippen molar-refractivity contribution in [3.05, 3.63) is 59.9 Å². The second-order valence-corrected chi connectivity index (χ2v) is 8.46. The van der Waals surface area contributed by atoms with Crippen LogP contribution in [0.2, 0.25) is 0 Å². The molecule has 1 unspecified atom stereocenters. The molecule has 1 atom stereocenters. The number of hydrogen-bond acceptors (Lipinski definition) is 5. The van der Waals surface area contributed by atoms with Gasteiger partial charge in [0.15, 0.2) is 5.78 Å². The molecule has 0 spiro atoms. The first-order chi connectivity index (χ1) is 14.8. The third kappa shape index (κ3) is 5.67. The molecule has 0 saturated carbocycles. The SMILES string of the molecule is O=C(CN1CCCC1c1cccc(OCCCN2CCCCC2)c1)c1ccncc1. The van der Waals surface area contributed by atoms with Gasteiger partial charge in [0.25, 0.3) is 0 Å². The first-order valence-corrected chi connectivity index (χ1v) is 11.4. The van der Waals surface area contributed by atoms with Crippen molar-refractivity contribution in [2.45, 2.75) is 44.6 Å². The predicted molar refractivity (Wildman–Crippen MR) is 119 cm³/mol. The predicted octanol–water partition coefficient (Wildman–Crippen LogP) is 4.36. The van der Waals surface area contributed by atoms with E-state index in [0.29, 0.717) is 6.54 Å². The smallest absolute Gasteiger partial charge is 0.176 e. The zero-order valence-electron chi connectivity index (χ0n) is 17.8. The molecule has 0 amide bonds. The molecule has 2 aliphatic rings.